The fourth-order valence-electron chi connectivity index (χ4n) is 1.80. The topological polar surface area (TPSA) is 512 Å². The third-order valence-electron chi connectivity index (χ3n) is 4.47. The molecule has 0 heterocycles. The van der Waals surface area contributed by atoms with Gasteiger partial charge < -0.3 is 89.8 Å². The molecule has 0 aliphatic rings. The van der Waals surface area contributed by atoms with E-state index in [2.05, 4.69) is 0 Å². The Balaban J connectivity index is -0.000000165. The molecular formula is C14H48N2O24P8. The van der Waals surface area contributed by atoms with Crippen LogP contribution in [0, 0.1) is 0 Å². The standard InChI is InChI=1S/4C3H10O6P2.C2H8N2/c4*1-3(11(7,8)9)2-10(4,5)6;3-1-2-4/h4*3H,2H2,1H3,(H2,4,5,6)(H2,7,8,9);1-4H2. The van der Waals surface area contributed by atoms with Gasteiger partial charge >= 0.3 is 60.8 Å². The van der Waals surface area contributed by atoms with Gasteiger partial charge in [0, 0.05) is 13.1 Å². The van der Waals surface area contributed by atoms with E-state index >= 15 is 0 Å². The molecule has 0 aromatic heterocycles. The highest BCUT2D eigenvalue weighted by Gasteiger charge is 2.33. The molecule has 0 aromatic carbocycles. The second kappa shape index (κ2) is 23.7. The number of hydrogen-bond acceptors (Lipinski definition) is 10. The first-order valence-electron chi connectivity index (χ1n) is 12.2. The van der Waals surface area contributed by atoms with Crippen molar-refractivity contribution in [2.45, 2.75) is 50.3 Å². The van der Waals surface area contributed by atoms with Crippen LogP contribution in [-0.2, 0) is 36.5 Å². The normalized spacial score (nSPS) is 15.7. The van der Waals surface area contributed by atoms with E-state index in [1.54, 1.807) is 0 Å². The zero-order valence-electron chi connectivity index (χ0n) is 25.7. The molecule has 0 aliphatic carbocycles. The van der Waals surface area contributed by atoms with Crippen LogP contribution in [0.2, 0.25) is 0 Å². The van der Waals surface area contributed by atoms with Gasteiger partial charge in [0.05, 0.1) is 47.3 Å². The molecule has 4 unspecified atom stereocenters. The molecule has 34 heteroatoms. The molecule has 0 bridgehead atoms. The van der Waals surface area contributed by atoms with Crippen LogP contribution in [0.5, 0.6) is 0 Å². The van der Waals surface area contributed by atoms with E-state index in [9.17, 15) is 36.5 Å². The number of rotatable bonds is 13. The molecule has 48 heavy (non-hydrogen) atoms. The lowest BCUT2D eigenvalue weighted by molar-refractivity contribution is 0.349. The van der Waals surface area contributed by atoms with Crippen LogP contribution in [0.25, 0.3) is 0 Å². The van der Waals surface area contributed by atoms with Crippen molar-refractivity contribution in [1.29, 1.82) is 0 Å². The summed E-state index contributed by atoms with van der Waals surface area (Å²) in [5.74, 6) is 0. The second-order valence-corrected chi connectivity index (χ2v) is 24.7. The summed E-state index contributed by atoms with van der Waals surface area (Å²) in [6.45, 7) is 5.58. The maximum absolute atomic E-state index is 10.4. The van der Waals surface area contributed by atoms with E-state index in [-0.39, 0.29) is 0 Å². The Morgan fingerprint density at radius 2 is 0.438 bits per heavy atom. The molecule has 0 saturated heterocycles. The average molecular weight is 876 g/mol. The minimum atomic E-state index is -4.35. The Labute approximate surface area is 275 Å². The SMILES string of the molecule is CC(CP(=O)(O)O)P(=O)(O)O.CC(CP(=O)(O)O)P(=O)(O)O.CC(CP(=O)(O)O)P(=O)(O)O.CC(CP(=O)(O)O)P(=O)(O)O.NCCN. The fourth-order valence-corrected chi connectivity index (χ4v) is 10.5. The molecule has 0 radical (unpaired) electrons. The Morgan fingerprint density at radius 3 is 0.458 bits per heavy atom. The van der Waals surface area contributed by atoms with Crippen molar-refractivity contribution >= 4 is 60.8 Å². The van der Waals surface area contributed by atoms with E-state index in [1.165, 1.54) is 0 Å². The van der Waals surface area contributed by atoms with Gasteiger partial charge in [-0.2, -0.15) is 0 Å². The van der Waals surface area contributed by atoms with Crippen molar-refractivity contribution in [3.05, 3.63) is 0 Å². The van der Waals surface area contributed by atoms with Crippen molar-refractivity contribution in [2.24, 2.45) is 11.5 Å². The second-order valence-electron chi connectivity index (χ2n) is 9.72. The van der Waals surface area contributed by atoms with Crippen LogP contribution in [0.4, 0.5) is 0 Å². The lowest BCUT2D eigenvalue weighted by Gasteiger charge is -2.13. The van der Waals surface area contributed by atoms with E-state index < -0.39 is 108 Å². The summed E-state index contributed by atoms with van der Waals surface area (Å²) in [6, 6.07) is 0. The van der Waals surface area contributed by atoms with Gasteiger partial charge in [0.1, 0.15) is 0 Å². The van der Waals surface area contributed by atoms with Gasteiger partial charge in [0.25, 0.3) is 0 Å². The summed E-state index contributed by atoms with van der Waals surface area (Å²) >= 11 is 0. The molecule has 0 saturated carbocycles. The molecular weight excluding hydrogens is 828 g/mol. The first-order valence-corrected chi connectivity index (χ1v) is 26.1. The highest BCUT2D eigenvalue weighted by molar-refractivity contribution is 7.58. The van der Waals surface area contributed by atoms with Gasteiger partial charge in [-0.15, -0.1) is 0 Å². The number of hydrogen-bond donors (Lipinski definition) is 18. The Hall–Kier alpha value is 1.12. The van der Waals surface area contributed by atoms with Gasteiger partial charge in [-0.1, -0.05) is 27.7 Å². The highest BCUT2D eigenvalue weighted by atomic mass is 31.2. The first kappa shape index (κ1) is 58.4. The third kappa shape index (κ3) is 47.1. The Kier molecular flexibility index (Phi) is 28.9. The monoisotopic (exact) mass is 876 g/mol. The van der Waals surface area contributed by atoms with Gasteiger partial charge in [0.15, 0.2) is 0 Å². The lowest BCUT2D eigenvalue weighted by Crippen LogP contribution is -2.11. The Bertz CT molecular complexity index is 1090. The summed E-state index contributed by atoms with van der Waals surface area (Å²) in [5, 5.41) is 0. The van der Waals surface area contributed by atoms with Crippen molar-refractivity contribution in [3.63, 3.8) is 0 Å². The van der Waals surface area contributed by atoms with E-state index in [0.29, 0.717) is 13.1 Å². The Morgan fingerprint density at radius 1 is 0.333 bits per heavy atom. The molecule has 20 N–H and O–H groups in total. The molecule has 0 rings (SSSR count). The predicted octanol–water partition coefficient (Wildman–Crippen LogP) is -2.17. The van der Waals surface area contributed by atoms with Crippen LogP contribution < -0.4 is 11.5 Å². The van der Waals surface area contributed by atoms with Gasteiger partial charge in [-0.3, -0.25) is 36.5 Å². The highest BCUT2D eigenvalue weighted by Crippen LogP contribution is 2.50. The van der Waals surface area contributed by atoms with Gasteiger partial charge in [0.2, 0.25) is 0 Å². The van der Waals surface area contributed by atoms with E-state index in [1.807, 2.05) is 0 Å². The van der Waals surface area contributed by atoms with Gasteiger partial charge in [-0.05, 0) is 0 Å². The van der Waals surface area contributed by atoms with Crippen LogP contribution in [-0.4, -0.2) is 139 Å². The van der Waals surface area contributed by atoms with E-state index in [4.69, 9.17) is 89.8 Å². The summed E-state index contributed by atoms with van der Waals surface area (Å²) in [7, 11) is -34.6. The summed E-state index contributed by atoms with van der Waals surface area (Å²) < 4.78 is 82.4. The van der Waals surface area contributed by atoms with E-state index in [0.717, 1.165) is 27.7 Å². The fraction of sp³-hybridized carbons (Fsp3) is 1.00. The zero-order chi connectivity index (χ0) is 40.6. The molecule has 0 aliphatic heterocycles. The third-order valence-corrected chi connectivity index (χ3v) is 15.0. The van der Waals surface area contributed by atoms with Gasteiger partial charge in [-0.25, -0.2) is 0 Å². The largest absolute Gasteiger partial charge is 0.329 e. The maximum Gasteiger partial charge on any atom is 0.328 e. The minimum Gasteiger partial charge on any atom is -0.329 e. The molecule has 4 atom stereocenters. The van der Waals surface area contributed by atoms with Crippen molar-refractivity contribution in [3.8, 4) is 0 Å². The van der Waals surface area contributed by atoms with Crippen molar-refractivity contribution < 1.29 is 115 Å². The average Bonchev–Trinajstić information content (AvgIpc) is 2.73. The summed E-state index contributed by atoms with van der Waals surface area (Å²) in [4.78, 5) is 134. The molecule has 298 valence electrons. The van der Waals surface area contributed by atoms with Crippen LogP contribution in [0.1, 0.15) is 27.7 Å². The molecule has 0 fully saturated rings. The lowest BCUT2D eigenvalue weighted by atomic mass is 10.6. The molecule has 0 aromatic rings. The maximum atomic E-state index is 10.4. The zero-order valence-corrected chi connectivity index (χ0v) is 32.9. The van der Waals surface area contributed by atoms with Crippen LogP contribution >= 0.6 is 60.8 Å². The first-order chi connectivity index (χ1) is 20.4. The minimum absolute atomic E-state index is 0.597. The molecule has 26 nitrogen and oxygen atoms in total. The van der Waals surface area contributed by atoms with Crippen molar-refractivity contribution in [1.82, 2.24) is 0 Å². The summed E-state index contributed by atoms with van der Waals surface area (Å²) in [5.41, 5.74) is 4.65. The number of nitrogens with two attached hydrogens (primary N) is 2. The van der Waals surface area contributed by atoms with Crippen LogP contribution in [0.3, 0.4) is 0 Å². The molecule has 0 amide bonds. The smallest absolute Gasteiger partial charge is 0.328 e. The van der Waals surface area contributed by atoms with Crippen molar-refractivity contribution in [2.75, 3.05) is 37.7 Å². The quantitative estimate of drug-likeness (QED) is 0.0875. The summed E-state index contributed by atoms with van der Waals surface area (Å²) in [6.07, 6.45) is -3.12. The predicted molar refractivity (Wildman–Crippen MR) is 172 cm³/mol. The van der Waals surface area contributed by atoms with Crippen LogP contribution in [0.15, 0.2) is 0 Å². The molecule has 0 spiro atoms.